The highest BCUT2D eigenvalue weighted by Gasteiger charge is 2.33. The van der Waals surface area contributed by atoms with Crippen LogP contribution in [0.4, 0.5) is 11.4 Å². The van der Waals surface area contributed by atoms with E-state index in [4.69, 9.17) is 4.74 Å². The van der Waals surface area contributed by atoms with Gasteiger partial charge in [0.25, 0.3) is 0 Å². The van der Waals surface area contributed by atoms with Crippen molar-refractivity contribution in [3.8, 4) is 0 Å². The molecule has 8 nitrogen and oxygen atoms in total. The van der Waals surface area contributed by atoms with Crippen LogP contribution in [0, 0.1) is 0 Å². The summed E-state index contributed by atoms with van der Waals surface area (Å²) in [6.07, 6.45) is -0.658. The second kappa shape index (κ2) is 9.21. The molecule has 0 saturated heterocycles. The standard InChI is InChI=1S/C22H23N3O5/c1-3-25(13-20(27)24-16-10-8-15(9-11-16)23-14(2)26)21(28)12-19-17-6-4-5-7-18(17)22(29)30-19/h4-11,19H,3,12-13H2,1-2H3,(H,23,26)(H,24,27). The number of esters is 1. The maximum atomic E-state index is 12.7. The predicted octanol–water partition coefficient (Wildman–Crippen LogP) is 2.73. The van der Waals surface area contributed by atoms with Gasteiger partial charge in [0.1, 0.15) is 6.10 Å². The Labute approximate surface area is 174 Å². The second-order valence-corrected chi connectivity index (χ2v) is 6.90. The number of hydrogen-bond donors (Lipinski definition) is 2. The fourth-order valence-electron chi connectivity index (χ4n) is 3.25. The zero-order valence-corrected chi connectivity index (χ0v) is 16.8. The van der Waals surface area contributed by atoms with Crippen molar-refractivity contribution in [2.24, 2.45) is 0 Å². The van der Waals surface area contributed by atoms with Gasteiger partial charge in [0.2, 0.25) is 17.7 Å². The number of carbonyl (C=O) groups is 4. The summed E-state index contributed by atoms with van der Waals surface area (Å²) in [5, 5.41) is 5.37. The molecule has 0 bridgehead atoms. The molecule has 0 fully saturated rings. The number of nitrogens with zero attached hydrogens (tertiary/aromatic N) is 1. The van der Waals surface area contributed by atoms with E-state index in [0.29, 0.717) is 29.0 Å². The second-order valence-electron chi connectivity index (χ2n) is 6.90. The van der Waals surface area contributed by atoms with Gasteiger partial charge in [0, 0.05) is 30.4 Å². The van der Waals surface area contributed by atoms with Gasteiger partial charge in [-0.15, -0.1) is 0 Å². The van der Waals surface area contributed by atoms with E-state index in [1.54, 1.807) is 55.5 Å². The minimum absolute atomic E-state index is 0.0186. The first-order valence-electron chi connectivity index (χ1n) is 9.62. The molecule has 0 radical (unpaired) electrons. The molecule has 1 unspecified atom stereocenters. The summed E-state index contributed by atoms with van der Waals surface area (Å²) < 4.78 is 5.32. The summed E-state index contributed by atoms with van der Waals surface area (Å²) in [6, 6.07) is 13.6. The summed E-state index contributed by atoms with van der Waals surface area (Å²) in [5.74, 6) is -1.24. The molecule has 1 atom stereocenters. The SMILES string of the molecule is CCN(CC(=O)Nc1ccc(NC(C)=O)cc1)C(=O)CC1OC(=O)c2ccccc21. The molecule has 2 aromatic carbocycles. The summed E-state index contributed by atoms with van der Waals surface area (Å²) >= 11 is 0. The normalized spacial score (nSPS) is 14.5. The summed E-state index contributed by atoms with van der Waals surface area (Å²) in [4.78, 5) is 49.5. The van der Waals surface area contributed by atoms with E-state index in [-0.39, 0.29) is 30.7 Å². The van der Waals surface area contributed by atoms with Crippen LogP contribution in [0.3, 0.4) is 0 Å². The minimum atomic E-state index is -0.639. The Morgan fingerprint density at radius 1 is 1.00 bits per heavy atom. The molecule has 1 heterocycles. The van der Waals surface area contributed by atoms with Gasteiger partial charge < -0.3 is 20.3 Å². The number of carbonyl (C=O) groups excluding carboxylic acids is 4. The average Bonchev–Trinajstić information content (AvgIpc) is 3.03. The molecule has 0 aliphatic carbocycles. The third-order valence-electron chi connectivity index (χ3n) is 4.69. The zero-order valence-electron chi connectivity index (χ0n) is 16.8. The van der Waals surface area contributed by atoms with Gasteiger partial charge in [-0.25, -0.2) is 4.79 Å². The third kappa shape index (κ3) is 5.02. The summed E-state index contributed by atoms with van der Waals surface area (Å²) in [7, 11) is 0. The topological polar surface area (TPSA) is 105 Å². The number of rotatable bonds is 7. The molecule has 1 aliphatic heterocycles. The van der Waals surface area contributed by atoms with Crippen molar-refractivity contribution in [2.45, 2.75) is 26.4 Å². The van der Waals surface area contributed by atoms with Crippen LogP contribution in [-0.2, 0) is 19.1 Å². The molecule has 0 spiro atoms. The quantitative estimate of drug-likeness (QED) is 0.684. The third-order valence-corrected chi connectivity index (χ3v) is 4.69. The molecule has 2 N–H and O–H groups in total. The first-order chi connectivity index (χ1) is 14.4. The number of amides is 3. The smallest absolute Gasteiger partial charge is 0.339 e. The largest absolute Gasteiger partial charge is 0.453 e. The van der Waals surface area contributed by atoms with Crippen molar-refractivity contribution in [1.29, 1.82) is 0 Å². The van der Waals surface area contributed by atoms with Gasteiger partial charge >= 0.3 is 5.97 Å². The maximum absolute atomic E-state index is 12.7. The Morgan fingerprint density at radius 3 is 2.27 bits per heavy atom. The molecule has 0 saturated carbocycles. The Morgan fingerprint density at radius 2 is 1.63 bits per heavy atom. The lowest BCUT2D eigenvalue weighted by atomic mass is 10.0. The predicted molar refractivity (Wildman–Crippen MR) is 111 cm³/mol. The number of likely N-dealkylation sites (N-methyl/N-ethyl adjacent to an activating group) is 1. The van der Waals surface area contributed by atoms with E-state index in [2.05, 4.69) is 10.6 Å². The zero-order chi connectivity index (χ0) is 21.7. The van der Waals surface area contributed by atoms with Crippen molar-refractivity contribution >= 4 is 35.1 Å². The van der Waals surface area contributed by atoms with Crippen molar-refractivity contribution in [2.75, 3.05) is 23.7 Å². The highest BCUT2D eigenvalue weighted by atomic mass is 16.5. The fraction of sp³-hybridized carbons (Fsp3) is 0.273. The van der Waals surface area contributed by atoms with Crippen molar-refractivity contribution in [3.63, 3.8) is 0 Å². The number of hydrogen-bond acceptors (Lipinski definition) is 5. The van der Waals surface area contributed by atoms with E-state index >= 15 is 0 Å². The van der Waals surface area contributed by atoms with Gasteiger partial charge in [0.05, 0.1) is 18.5 Å². The summed E-state index contributed by atoms with van der Waals surface area (Å²) in [5.41, 5.74) is 2.34. The Bertz CT molecular complexity index is 971. The molecular weight excluding hydrogens is 386 g/mol. The molecular formula is C22H23N3O5. The molecule has 30 heavy (non-hydrogen) atoms. The highest BCUT2D eigenvalue weighted by Crippen LogP contribution is 2.33. The molecule has 8 heteroatoms. The Kier molecular flexibility index (Phi) is 6.46. The van der Waals surface area contributed by atoms with Gasteiger partial charge in [-0.1, -0.05) is 18.2 Å². The van der Waals surface area contributed by atoms with Crippen LogP contribution >= 0.6 is 0 Å². The first-order valence-corrected chi connectivity index (χ1v) is 9.62. The van der Waals surface area contributed by atoms with Gasteiger partial charge in [0.15, 0.2) is 0 Å². The minimum Gasteiger partial charge on any atom is -0.453 e. The van der Waals surface area contributed by atoms with E-state index in [9.17, 15) is 19.2 Å². The van der Waals surface area contributed by atoms with Crippen molar-refractivity contribution < 1.29 is 23.9 Å². The van der Waals surface area contributed by atoms with Gasteiger partial charge in [-0.3, -0.25) is 14.4 Å². The highest BCUT2D eigenvalue weighted by molar-refractivity contribution is 5.96. The molecule has 1 aliphatic rings. The van der Waals surface area contributed by atoms with E-state index in [1.807, 2.05) is 0 Å². The van der Waals surface area contributed by atoms with E-state index < -0.39 is 12.1 Å². The monoisotopic (exact) mass is 409 g/mol. The van der Waals surface area contributed by atoms with Crippen LogP contribution in [0.25, 0.3) is 0 Å². The van der Waals surface area contributed by atoms with Crippen LogP contribution in [0.5, 0.6) is 0 Å². The lowest BCUT2D eigenvalue weighted by Crippen LogP contribution is -2.38. The maximum Gasteiger partial charge on any atom is 0.339 e. The van der Waals surface area contributed by atoms with Crippen LogP contribution in [0.15, 0.2) is 48.5 Å². The summed E-state index contributed by atoms with van der Waals surface area (Å²) in [6.45, 7) is 3.42. The number of cyclic esters (lactones) is 1. The average molecular weight is 409 g/mol. The fourth-order valence-corrected chi connectivity index (χ4v) is 3.25. The number of nitrogens with one attached hydrogen (secondary N) is 2. The molecule has 2 aromatic rings. The molecule has 156 valence electrons. The van der Waals surface area contributed by atoms with Crippen molar-refractivity contribution in [3.05, 3.63) is 59.7 Å². The number of benzene rings is 2. The van der Waals surface area contributed by atoms with Gasteiger partial charge in [-0.2, -0.15) is 0 Å². The van der Waals surface area contributed by atoms with Crippen LogP contribution in [-0.4, -0.2) is 41.7 Å². The Hall–Kier alpha value is -3.68. The number of ether oxygens (including phenoxy) is 1. The van der Waals surface area contributed by atoms with Gasteiger partial charge in [-0.05, 0) is 37.3 Å². The molecule has 0 aromatic heterocycles. The lowest BCUT2D eigenvalue weighted by Gasteiger charge is -2.22. The Balaban J connectivity index is 1.57. The van der Waals surface area contributed by atoms with Crippen LogP contribution < -0.4 is 10.6 Å². The van der Waals surface area contributed by atoms with E-state index in [0.717, 1.165) is 0 Å². The van der Waals surface area contributed by atoms with Crippen LogP contribution in [0.1, 0.15) is 42.3 Å². The molecule has 3 rings (SSSR count). The lowest BCUT2D eigenvalue weighted by molar-refractivity contribution is -0.136. The van der Waals surface area contributed by atoms with Crippen molar-refractivity contribution in [1.82, 2.24) is 4.90 Å². The van der Waals surface area contributed by atoms with E-state index in [1.165, 1.54) is 11.8 Å². The first kappa shape index (κ1) is 21.0. The van der Waals surface area contributed by atoms with Crippen LogP contribution in [0.2, 0.25) is 0 Å². The molecule has 3 amide bonds. The number of fused-ring (bicyclic) bond motifs is 1. The number of anilines is 2.